The Balaban J connectivity index is 1.41. The molecule has 6 nitrogen and oxygen atoms in total. The fourth-order valence-electron chi connectivity index (χ4n) is 2.87. The molecule has 0 atom stereocenters. The van der Waals surface area contributed by atoms with Crippen molar-refractivity contribution in [2.75, 3.05) is 0 Å². The molecule has 0 fully saturated rings. The van der Waals surface area contributed by atoms with Gasteiger partial charge in [-0.2, -0.15) is 0 Å². The number of carbonyl (C=O) groups excluding carboxylic acids is 1. The maximum Gasteiger partial charge on any atom is 0.226 e. The number of aryl methyl sites for hydroxylation is 1. The predicted molar refractivity (Wildman–Crippen MR) is 97.9 cm³/mol. The lowest BCUT2D eigenvalue weighted by molar-refractivity contribution is -0.120. The van der Waals surface area contributed by atoms with E-state index in [-0.39, 0.29) is 12.3 Å². The van der Waals surface area contributed by atoms with Gasteiger partial charge < -0.3 is 9.84 Å². The smallest absolute Gasteiger partial charge is 0.226 e. The van der Waals surface area contributed by atoms with E-state index in [1.54, 1.807) is 13.0 Å². The number of amides is 1. The fraction of sp³-hybridized carbons (Fsp3) is 0.150. The van der Waals surface area contributed by atoms with Crippen molar-refractivity contribution < 1.29 is 9.32 Å². The number of para-hydroxylation sites is 2. The lowest BCUT2D eigenvalue weighted by Gasteiger charge is -2.07. The standard InChI is InChI=1S/C20H18N4O2/c1-14-10-16(23-26-14)11-20(25)21-12-15-6-8-17(9-7-15)24-13-22-18-4-2-3-5-19(18)24/h2-10,13H,11-12H2,1H3,(H,21,25). The molecule has 0 spiro atoms. The zero-order valence-electron chi connectivity index (χ0n) is 14.3. The van der Waals surface area contributed by atoms with Crippen LogP contribution in [0.25, 0.3) is 16.7 Å². The summed E-state index contributed by atoms with van der Waals surface area (Å²) in [6.45, 7) is 2.28. The topological polar surface area (TPSA) is 73.0 Å². The van der Waals surface area contributed by atoms with Crippen molar-refractivity contribution >= 4 is 16.9 Å². The number of nitrogens with zero attached hydrogens (tertiary/aromatic N) is 3. The minimum Gasteiger partial charge on any atom is -0.361 e. The van der Waals surface area contributed by atoms with Crippen LogP contribution in [0.4, 0.5) is 0 Å². The summed E-state index contributed by atoms with van der Waals surface area (Å²) >= 11 is 0. The van der Waals surface area contributed by atoms with E-state index in [0.717, 1.165) is 22.3 Å². The molecule has 0 unspecified atom stereocenters. The Morgan fingerprint density at radius 3 is 2.73 bits per heavy atom. The zero-order valence-corrected chi connectivity index (χ0v) is 14.3. The van der Waals surface area contributed by atoms with Crippen LogP contribution in [0.15, 0.2) is 65.4 Å². The van der Waals surface area contributed by atoms with Crippen molar-refractivity contribution in [3.63, 3.8) is 0 Å². The second-order valence-electron chi connectivity index (χ2n) is 6.15. The highest BCUT2D eigenvalue weighted by atomic mass is 16.5. The van der Waals surface area contributed by atoms with E-state index in [9.17, 15) is 4.79 Å². The largest absolute Gasteiger partial charge is 0.361 e. The van der Waals surface area contributed by atoms with Gasteiger partial charge in [0.05, 0.1) is 23.1 Å². The number of benzene rings is 2. The average Bonchev–Trinajstić information content (AvgIpc) is 3.26. The zero-order chi connectivity index (χ0) is 17.9. The summed E-state index contributed by atoms with van der Waals surface area (Å²) in [6, 6.07) is 17.8. The van der Waals surface area contributed by atoms with Crippen molar-refractivity contribution in [1.82, 2.24) is 20.0 Å². The van der Waals surface area contributed by atoms with Crippen LogP contribution in [0.3, 0.4) is 0 Å². The molecule has 26 heavy (non-hydrogen) atoms. The minimum atomic E-state index is -0.0806. The molecular formula is C20H18N4O2. The number of nitrogens with one attached hydrogen (secondary N) is 1. The van der Waals surface area contributed by atoms with Crippen molar-refractivity contribution in [2.24, 2.45) is 0 Å². The van der Waals surface area contributed by atoms with Crippen LogP contribution in [-0.4, -0.2) is 20.6 Å². The van der Waals surface area contributed by atoms with E-state index < -0.39 is 0 Å². The van der Waals surface area contributed by atoms with Crippen molar-refractivity contribution in [3.05, 3.63) is 77.9 Å². The molecular weight excluding hydrogens is 328 g/mol. The molecule has 0 saturated heterocycles. The molecule has 0 bridgehead atoms. The SMILES string of the molecule is Cc1cc(CC(=O)NCc2ccc(-n3cnc4ccccc43)cc2)no1. The third-order valence-corrected chi connectivity index (χ3v) is 4.18. The van der Waals surface area contributed by atoms with E-state index in [2.05, 4.69) is 15.5 Å². The second kappa shape index (κ2) is 6.84. The van der Waals surface area contributed by atoms with Gasteiger partial charge in [0.2, 0.25) is 5.91 Å². The molecule has 0 aliphatic rings. The van der Waals surface area contributed by atoms with Gasteiger partial charge in [0, 0.05) is 18.3 Å². The normalized spacial score (nSPS) is 11.0. The molecule has 2 aromatic heterocycles. The number of fused-ring (bicyclic) bond motifs is 1. The Morgan fingerprint density at radius 2 is 1.96 bits per heavy atom. The molecule has 0 radical (unpaired) electrons. The van der Waals surface area contributed by atoms with Crippen LogP contribution in [0.5, 0.6) is 0 Å². The number of hydrogen-bond donors (Lipinski definition) is 1. The van der Waals surface area contributed by atoms with Crippen LogP contribution in [0.2, 0.25) is 0 Å². The van der Waals surface area contributed by atoms with Gasteiger partial charge in [-0.15, -0.1) is 0 Å². The van der Waals surface area contributed by atoms with Crippen LogP contribution in [-0.2, 0) is 17.8 Å². The first-order valence-corrected chi connectivity index (χ1v) is 8.39. The Hall–Kier alpha value is -3.41. The molecule has 0 aliphatic carbocycles. The van der Waals surface area contributed by atoms with Gasteiger partial charge in [0.15, 0.2) is 0 Å². The Morgan fingerprint density at radius 1 is 1.15 bits per heavy atom. The third-order valence-electron chi connectivity index (χ3n) is 4.18. The van der Waals surface area contributed by atoms with E-state index in [0.29, 0.717) is 18.0 Å². The molecule has 130 valence electrons. The summed E-state index contributed by atoms with van der Waals surface area (Å²) in [4.78, 5) is 16.4. The summed E-state index contributed by atoms with van der Waals surface area (Å²) < 4.78 is 7.02. The van der Waals surface area contributed by atoms with E-state index in [1.807, 2.05) is 59.4 Å². The van der Waals surface area contributed by atoms with Crippen LogP contribution in [0.1, 0.15) is 17.0 Å². The summed E-state index contributed by atoms with van der Waals surface area (Å²) in [5.74, 6) is 0.624. The van der Waals surface area contributed by atoms with E-state index in [4.69, 9.17) is 4.52 Å². The first-order chi connectivity index (χ1) is 12.7. The number of rotatable bonds is 5. The molecule has 0 saturated carbocycles. The van der Waals surface area contributed by atoms with Gasteiger partial charge in [-0.3, -0.25) is 9.36 Å². The predicted octanol–water partition coefficient (Wildman–Crippen LogP) is 3.18. The highest BCUT2D eigenvalue weighted by Gasteiger charge is 2.08. The van der Waals surface area contributed by atoms with E-state index in [1.165, 1.54) is 0 Å². The lowest BCUT2D eigenvalue weighted by atomic mass is 10.2. The lowest BCUT2D eigenvalue weighted by Crippen LogP contribution is -2.24. The van der Waals surface area contributed by atoms with Gasteiger partial charge in [-0.25, -0.2) is 4.98 Å². The Labute approximate surface area is 150 Å². The van der Waals surface area contributed by atoms with Gasteiger partial charge in [-0.05, 0) is 36.8 Å². The highest BCUT2D eigenvalue weighted by molar-refractivity contribution is 5.78. The maximum absolute atomic E-state index is 12.0. The van der Waals surface area contributed by atoms with E-state index >= 15 is 0 Å². The first kappa shape index (κ1) is 16.1. The van der Waals surface area contributed by atoms with Crippen molar-refractivity contribution in [2.45, 2.75) is 19.9 Å². The van der Waals surface area contributed by atoms with Crippen molar-refractivity contribution in [3.8, 4) is 5.69 Å². The second-order valence-corrected chi connectivity index (χ2v) is 6.15. The van der Waals surface area contributed by atoms with Crippen LogP contribution >= 0.6 is 0 Å². The van der Waals surface area contributed by atoms with Gasteiger partial charge in [0.1, 0.15) is 12.1 Å². The Kier molecular flexibility index (Phi) is 4.23. The molecule has 2 aromatic carbocycles. The van der Waals surface area contributed by atoms with Crippen LogP contribution in [0, 0.1) is 6.92 Å². The van der Waals surface area contributed by atoms with Gasteiger partial charge in [0.25, 0.3) is 0 Å². The molecule has 2 heterocycles. The summed E-state index contributed by atoms with van der Waals surface area (Å²) in [7, 11) is 0. The molecule has 0 aliphatic heterocycles. The quantitative estimate of drug-likeness (QED) is 0.602. The first-order valence-electron chi connectivity index (χ1n) is 8.39. The number of imidazole rings is 1. The maximum atomic E-state index is 12.0. The number of hydrogen-bond acceptors (Lipinski definition) is 4. The summed E-state index contributed by atoms with van der Waals surface area (Å²) in [5, 5.41) is 6.73. The molecule has 1 amide bonds. The molecule has 4 aromatic rings. The molecule has 6 heteroatoms. The average molecular weight is 346 g/mol. The monoisotopic (exact) mass is 346 g/mol. The van der Waals surface area contributed by atoms with Gasteiger partial charge >= 0.3 is 0 Å². The third kappa shape index (κ3) is 3.35. The summed E-state index contributed by atoms with van der Waals surface area (Å²) in [6.07, 6.45) is 2.04. The van der Waals surface area contributed by atoms with Gasteiger partial charge in [-0.1, -0.05) is 29.4 Å². The number of aromatic nitrogens is 3. The van der Waals surface area contributed by atoms with Crippen molar-refractivity contribution in [1.29, 1.82) is 0 Å². The Bertz CT molecular complexity index is 1050. The summed E-state index contributed by atoms with van der Waals surface area (Å²) in [5.41, 5.74) is 4.74. The fourth-order valence-corrected chi connectivity index (χ4v) is 2.87. The van der Waals surface area contributed by atoms with Crippen LogP contribution < -0.4 is 5.32 Å². The minimum absolute atomic E-state index is 0.0806. The molecule has 4 rings (SSSR count). The highest BCUT2D eigenvalue weighted by Crippen LogP contribution is 2.18. The molecule has 1 N–H and O–H groups in total. The number of carbonyl (C=O) groups is 1.